The number of carbonyl (C=O) groups is 1. The Morgan fingerprint density at radius 2 is 2.11 bits per heavy atom. The lowest BCUT2D eigenvalue weighted by Crippen LogP contribution is -2.37. The Labute approximate surface area is 112 Å². The fourth-order valence-corrected chi connectivity index (χ4v) is 3.41. The van der Waals surface area contributed by atoms with Gasteiger partial charge in [0.1, 0.15) is 0 Å². The second kappa shape index (κ2) is 5.33. The van der Waals surface area contributed by atoms with Gasteiger partial charge in [-0.3, -0.25) is 4.79 Å². The van der Waals surface area contributed by atoms with Gasteiger partial charge in [0.15, 0.2) is 0 Å². The zero-order valence-electron chi connectivity index (χ0n) is 10.3. The van der Waals surface area contributed by atoms with Crippen LogP contribution in [0.15, 0.2) is 29.2 Å². The average Bonchev–Trinajstić information content (AvgIpc) is 3.10. The molecule has 2 N–H and O–H groups in total. The number of amides is 1. The molecule has 1 aliphatic heterocycles. The van der Waals surface area contributed by atoms with Crippen molar-refractivity contribution in [2.24, 2.45) is 0 Å². The fraction of sp³-hybridized carbons (Fsp3) is 0.500. The van der Waals surface area contributed by atoms with Crippen LogP contribution in [0.3, 0.4) is 0 Å². The van der Waals surface area contributed by atoms with E-state index in [0.29, 0.717) is 6.04 Å². The number of hydrogen-bond acceptors (Lipinski definition) is 3. The fourth-order valence-electron chi connectivity index (χ4n) is 2.19. The SMILES string of the molecule is O=C(NCCNC1CC1)C1Cc2ccccc2S1. The van der Waals surface area contributed by atoms with Crippen LogP contribution in [0.25, 0.3) is 0 Å². The Kier molecular flexibility index (Phi) is 3.57. The van der Waals surface area contributed by atoms with Gasteiger partial charge in [0.05, 0.1) is 5.25 Å². The number of fused-ring (bicyclic) bond motifs is 1. The second-order valence-corrected chi connectivity index (χ2v) is 6.18. The van der Waals surface area contributed by atoms with Crippen LogP contribution in [0.5, 0.6) is 0 Å². The maximum Gasteiger partial charge on any atom is 0.233 e. The van der Waals surface area contributed by atoms with Gasteiger partial charge in [0.25, 0.3) is 0 Å². The molecule has 1 fully saturated rings. The van der Waals surface area contributed by atoms with Gasteiger partial charge < -0.3 is 10.6 Å². The summed E-state index contributed by atoms with van der Waals surface area (Å²) in [5.41, 5.74) is 1.30. The highest BCUT2D eigenvalue weighted by molar-refractivity contribution is 8.01. The Balaban J connectivity index is 1.43. The topological polar surface area (TPSA) is 41.1 Å². The maximum atomic E-state index is 12.0. The summed E-state index contributed by atoms with van der Waals surface area (Å²) in [5, 5.41) is 6.48. The summed E-state index contributed by atoms with van der Waals surface area (Å²) in [6.45, 7) is 1.63. The van der Waals surface area contributed by atoms with Gasteiger partial charge in [-0.15, -0.1) is 11.8 Å². The van der Waals surface area contributed by atoms with Gasteiger partial charge in [-0.25, -0.2) is 0 Å². The Morgan fingerprint density at radius 1 is 1.28 bits per heavy atom. The van der Waals surface area contributed by atoms with E-state index in [1.165, 1.54) is 23.3 Å². The summed E-state index contributed by atoms with van der Waals surface area (Å²) in [4.78, 5) is 13.3. The van der Waals surface area contributed by atoms with Gasteiger partial charge in [-0.2, -0.15) is 0 Å². The number of benzene rings is 1. The quantitative estimate of drug-likeness (QED) is 0.792. The van der Waals surface area contributed by atoms with Crippen molar-refractivity contribution in [1.82, 2.24) is 10.6 Å². The molecule has 1 atom stereocenters. The number of carbonyl (C=O) groups excluding carboxylic acids is 1. The van der Waals surface area contributed by atoms with Crippen molar-refractivity contribution in [3.63, 3.8) is 0 Å². The van der Waals surface area contributed by atoms with Crippen molar-refractivity contribution >= 4 is 17.7 Å². The van der Waals surface area contributed by atoms with Crippen LogP contribution in [-0.4, -0.2) is 30.3 Å². The van der Waals surface area contributed by atoms with Crippen molar-refractivity contribution in [1.29, 1.82) is 0 Å². The normalized spacial score (nSPS) is 21.7. The monoisotopic (exact) mass is 262 g/mol. The molecule has 4 heteroatoms. The molecule has 1 unspecified atom stereocenters. The molecule has 0 bridgehead atoms. The highest BCUT2D eigenvalue weighted by atomic mass is 32.2. The molecule has 1 aromatic rings. The number of rotatable bonds is 5. The molecule has 0 saturated heterocycles. The van der Waals surface area contributed by atoms with Gasteiger partial charge in [0.2, 0.25) is 5.91 Å². The largest absolute Gasteiger partial charge is 0.354 e. The molecule has 96 valence electrons. The Morgan fingerprint density at radius 3 is 2.89 bits per heavy atom. The van der Waals surface area contributed by atoms with Gasteiger partial charge in [-0.05, 0) is 30.9 Å². The van der Waals surface area contributed by atoms with Crippen LogP contribution in [0.2, 0.25) is 0 Å². The molecular formula is C14H18N2OS. The third-order valence-electron chi connectivity index (χ3n) is 3.37. The van der Waals surface area contributed by atoms with Crippen LogP contribution >= 0.6 is 11.8 Å². The third-order valence-corrected chi connectivity index (χ3v) is 4.69. The molecule has 3 rings (SSSR count). The summed E-state index contributed by atoms with van der Waals surface area (Å²) in [5.74, 6) is 0.175. The lowest BCUT2D eigenvalue weighted by Gasteiger charge is -2.10. The molecule has 0 aromatic heterocycles. The Bertz CT molecular complexity index is 420. The average molecular weight is 262 g/mol. The lowest BCUT2D eigenvalue weighted by atomic mass is 10.1. The first kappa shape index (κ1) is 12.1. The number of hydrogen-bond donors (Lipinski definition) is 2. The second-order valence-electron chi connectivity index (χ2n) is 4.94. The molecule has 0 spiro atoms. The van der Waals surface area contributed by atoms with Crippen molar-refractivity contribution in [2.75, 3.05) is 13.1 Å². The van der Waals surface area contributed by atoms with E-state index in [1.807, 2.05) is 12.1 Å². The molecule has 1 heterocycles. The van der Waals surface area contributed by atoms with Crippen LogP contribution in [0.4, 0.5) is 0 Å². The molecule has 1 aliphatic carbocycles. The molecule has 1 amide bonds. The minimum Gasteiger partial charge on any atom is -0.354 e. The number of thioether (sulfide) groups is 1. The first-order valence-corrected chi connectivity index (χ1v) is 7.46. The zero-order chi connectivity index (χ0) is 12.4. The van der Waals surface area contributed by atoms with Crippen molar-refractivity contribution in [3.05, 3.63) is 29.8 Å². The first-order chi connectivity index (χ1) is 8.83. The maximum absolute atomic E-state index is 12.0. The summed E-state index contributed by atoms with van der Waals surface area (Å²) >= 11 is 1.69. The first-order valence-electron chi connectivity index (χ1n) is 6.58. The summed E-state index contributed by atoms with van der Waals surface area (Å²) in [6, 6.07) is 9.00. The molecule has 1 saturated carbocycles. The van der Waals surface area contributed by atoms with Gasteiger partial charge >= 0.3 is 0 Å². The lowest BCUT2D eigenvalue weighted by molar-refractivity contribution is -0.120. The van der Waals surface area contributed by atoms with E-state index < -0.39 is 0 Å². The van der Waals surface area contributed by atoms with E-state index in [-0.39, 0.29) is 11.2 Å². The smallest absolute Gasteiger partial charge is 0.233 e. The minimum atomic E-state index is 0.0586. The Hall–Kier alpha value is -1.00. The summed E-state index contributed by atoms with van der Waals surface area (Å²) in [6.07, 6.45) is 3.45. The highest BCUT2D eigenvalue weighted by Crippen LogP contribution is 2.36. The zero-order valence-corrected chi connectivity index (χ0v) is 11.1. The van der Waals surface area contributed by atoms with Crippen molar-refractivity contribution in [2.45, 2.75) is 35.4 Å². The highest BCUT2D eigenvalue weighted by Gasteiger charge is 2.27. The predicted octanol–water partition coefficient (Wildman–Crippen LogP) is 1.57. The minimum absolute atomic E-state index is 0.0586. The summed E-state index contributed by atoms with van der Waals surface area (Å²) < 4.78 is 0. The van der Waals surface area contributed by atoms with Gasteiger partial charge in [0, 0.05) is 24.0 Å². The van der Waals surface area contributed by atoms with E-state index in [1.54, 1.807) is 11.8 Å². The van der Waals surface area contributed by atoms with Crippen LogP contribution in [0.1, 0.15) is 18.4 Å². The molecule has 1 aromatic carbocycles. The summed E-state index contributed by atoms with van der Waals surface area (Å²) in [7, 11) is 0. The van der Waals surface area contributed by atoms with Crippen molar-refractivity contribution in [3.8, 4) is 0 Å². The molecular weight excluding hydrogens is 244 g/mol. The molecule has 0 radical (unpaired) electrons. The van der Waals surface area contributed by atoms with Crippen molar-refractivity contribution < 1.29 is 4.79 Å². The van der Waals surface area contributed by atoms with E-state index in [9.17, 15) is 4.79 Å². The molecule has 18 heavy (non-hydrogen) atoms. The van der Waals surface area contributed by atoms with E-state index in [0.717, 1.165) is 19.5 Å². The van der Waals surface area contributed by atoms with E-state index >= 15 is 0 Å². The van der Waals surface area contributed by atoms with E-state index in [4.69, 9.17) is 0 Å². The van der Waals surface area contributed by atoms with Gasteiger partial charge in [-0.1, -0.05) is 18.2 Å². The third kappa shape index (κ3) is 2.87. The molecule has 3 nitrogen and oxygen atoms in total. The van der Waals surface area contributed by atoms with E-state index in [2.05, 4.69) is 22.8 Å². The van der Waals surface area contributed by atoms with Crippen LogP contribution in [-0.2, 0) is 11.2 Å². The van der Waals surface area contributed by atoms with Crippen LogP contribution < -0.4 is 10.6 Å². The standard InChI is InChI=1S/C14H18N2OS/c17-14(16-8-7-15-11-5-6-11)13-9-10-3-1-2-4-12(10)18-13/h1-4,11,13,15H,5-9H2,(H,16,17). The van der Waals surface area contributed by atoms with Crippen LogP contribution in [0, 0.1) is 0 Å². The molecule has 2 aliphatic rings. The number of nitrogens with one attached hydrogen (secondary N) is 2. The predicted molar refractivity (Wildman–Crippen MR) is 73.8 cm³/mol.